The fourth-order valence-corrected chi connectivity index (χ4v) is 1.32. The van der Waals surface area contributed by atoms with Crippen LogP contribution in [0.3, 0.4) is 0 Å². The number of hydrogen-bond donors (Lipinski definition) is 1. The lowest BCUT2D eigenvalue weighted by atomic mass is 10.1. The summed E-state index contributed by atoms with van der Waals surface area (Å²) in [6.07, 6.45) is 0. The van der Waals surface area contributed by atoms with E-state index in [9.17, 15) is 5.11 Å². The van der Waals surface area contributed by atoms with E-state index in [2.05, 4.69) is 6.92 Å². The highest BCUT2D eigenvalue weighted by Gasteiger charge is 1.97. The predicted octanol–water partition coefficient (Wildman–Crippen LogP) is 2.73. The maximum Gasteiger partial charge on any atom is 0.123 e. The van der Waals surface area contributed by atoms with Crippen molar-refractivity contribution in [2.75, 3.05) is 0 Å². The van der Waals surface area contributed by atoms with Crippen molar-refractivity contribution in [2.24, 2.45) is 0 Å². The van der Waals surface area contributed by atoms with Gasteiger partial charge in [-0.1, -0.05) is 30.3 Å². The molecule has 0 saturated heterocycles. The van der Waals surface area contributed by atoms with Gasteiger partial charge in [-0.15, -0.1) is 0 Å². The summed E-state index contributed by atoms with van der Waals surface area (Å²) >= 11 is 0. The van der Waals surface area contributed by atoms with Gasteiger partial charge in [-0.2, -0.15) is 0 Å². The van der Waals surface area contributed by atoms with Gasteiger partial charge in [0.2, 0.25) is 0 Å². The molecular weight excluding hydrogens is 148 g/mol. The van der Waals surface area contributed by atoms with E-state index in [1.54, 1.807) is 6.07 Å². The van der Waals surface area contributed by atoms with Crippen LogP contribution in [0.4, 0.5) is 0 Å². The molecule has 1 radical (unpaired) electrons. The molecule has 1 nitrogen and oxygen atoms in total. The van der Waals surface area contributed by atoms with Gasteiger partial charge < -0.3 is 5.11 Å². The Balaban J connectivity index is 2.86. The SMILES string of the molecule is [CH2]c1ccc2c(O)cccc2c1. The van der Waals surface area contributed by atoms with Gasteiger partial charge >= 0.3 is 0 Å². The van der Waals surface area contributed by atoms with Gasteiger partial charge in [0.25, 0.3) is 0 Å². The Morgan fingerprint density at radius 2 is 1.92 bits per heavy atom. The molecular formula is C11H9O. The third-order valence-corrected chi connectivity index (χ3v) is 1.92. The molecule has 0 heterocycles. The van der Waals surface area contributed by atoms with E-state index in [1.165, 1.54) is 0 Å². The van der Waals surface area contributed by atoms with Gasteiger partial charge in [-0.3, -0.25) is 0 Å². The molecule has 0 fully saturated rings. The monoisotopic (exact) mass is 157 g/mol. The van der Waals surface area contributed by atoms with Crippen LogP contribution < -0.4 is 0 Å². The van der Waals surface area contributed by atoms with Crippen LogP contribution in [0.25, 0.3) is 10.8 Å². The molecule has 2 aromatic carbocycles. The molecule has 1 heteroatoms. The van der Waals surface area contributed by atoms with E-state index in [-0.39, 0.29) is 0 Å². The molecule has 0 saturated carbocycles. The van der Waals surface area contributed by atoms with Crippen molar-refractivity contribution in [3.05, 3.63) is 48.9 Å². The van der Waals surface area contributed by atoms with Crippen LogP contribution in [0.5, 0.6) is 5.75 Å². The van der Waals surface area contributed by atoms with Crippen LogP contribution in [-0.4, -0.2) is 5.11 Å². The first-order valence-electron chi connectivity index (χ1n) is 3.81. The number of rotatable bonds is 0. The zero-order chi connectivity index (χ0) is 8.55. The molecule has 2 rings (SSSR count). The summed E-state index contributed by atoms with van der Waals surface area (Å²) < 4.78 is 0. The van der Waals surface area contributed by atoms with Crippen molar-refractivity contribution >= 4 is 10.8 Å². The summed E-state index contributed by atoms with van der Waals surface area (Å²) in [7, 11) is 0. The molecule has 0 atom stereocenters. The molecule has 12 heavy (non-hydrogen) atoms. The van der Waals surface area contributed by atoms with Crippen molar-refractivity contribution in [1.82, 2.24) is 0 Å². The predicted molar refractivity (Wildman–Crippen MR) is 50.1 cm³/mol. The average Bonchev–Trinajstić information content (AvgIpc) is 2.04. The van der Waals surface area contributed by atoms with Crippen molar-refractivity contribution in [2.45, 2.75) is 0 Å². The molecule has 0 amide bonds. The molecule has 0 spiro atoms. The second-order valence-electron chi connectivity index (χ2n) is 2.83. The molecule has 0 unspecified atom stereocenters. The van der Waals surface area contributed by atoms with Crippen LogP contribution >= 0.6 is 0 Å². The maximum atomic E-state index is 9.44. The van der Waals surface area contributed by atoms with E-state index >= 15 is 0 Å². The van der Waals surface area contributed by atoms with E-state index in [1.807, 2.05) is 30.3 Å². The first-order chi connectivity index (χ1) is 5.77. The van der Waals surface area contributed by atoms with Crippen molar-refractivity contribution in [3.63, 3.8) is 0 Å². The molecule has 1 N–H and O–H groups in total. The lowest BCUT2D eigenvalue weighted by Gasteiger charge is -2.00. The van der Waals surface area contributed by atoms with Crippen LogP contribution in [0.15, 0.2) is 36.4 Å². The zero-order valence-electron chi connectivity index (χ0n) is 6.62. The number of hydrogen-bond acceptors (Lipinski definition) is 1. The highest BCUT2D eigenvalue weighted by Crippen LogP contribution is 2.24. The van der Waals surface area contributed by atoms with Gasteiger partial charge in [0.15, 0.2) is 0 Å². The first-order valence-corrected chi connectivity index (χ1v) is 3.81. The Bertz CT molecular complexity index is 418. The molecule has 0 aromatic heterocycles. The summed E-state index contributed by atoms with van der Waals surface area (Å²) in [5, 5.41) is 11.4. The number of phenolic OH excluding ortho intramolecular Hbond substituents is 1. The smallest absolute Gasteiger partial charge is 0.123 e. The first kappa shape index (κ1) is 7.17. The zero-order valence-corrected chi connectivity index (χ0v) is 6.62. The molecule has 2 aromatic rings. The molecule has 0 aliphatic carbocycles. The largest absolute Gasteiger partial charge is 0.507 e. The topological polar surface area (TPSA) is 20.2 Å². The normalized spacial score (nSPS) is 10.4. The van der Waals surface area contributed by atoms with Gasteiger partial charge in [0.05, 0.1) is 0 Å². The van der Waals surface area contributed by atoms with Crippen LogP contribution in [-0.2, 0) is 0 Å². The van der Waals surface area contributed by atoms with Gasteiger partial charge in [-0.25, -0.2) is 0 Å². The number of phenols is 1. The lowest BCUT2D eigenvalue weighted by Crippen LogP contribution is -1.75. The van der Waals surface area contributed by atoms with E-state index in [4.69, 9.17) is 0 Å². The quantitative estimate of drug-likeness (QED) is 0.623. The van der Waals surface area contributed by atoms with Crippen LogP contribution in [0, 0.1) is 6.92 Å². The van der Waals surface area contributed by atoms with Crippen LogP contribution in [0.2, 0.25) is 0 Å². The Hall–Kier alpha value is -1.50. The highest BCUT2D eigenvalue weighted by molar-refractivity contribution is 5.88. The van der Waals surface area contributed by atoms with Gasteiger partial charge in [0.1, 0.15) is 5.75 Å². The lowest BCUT2D eigenvalue weighted by molar-refractivity contribution is 0.481. The second-order valence-corrected chi connectivity index (χ2v) is 2.83. The fraction of sp³-hybridized carbons (Fsp3) is 0. The summed E-state index contributed by atoms with van der Waals surface area (Å²) in [4.78, 5) is 0. The molecule has 0 bridgehead atoms. The van der Waals surface area contributed by atoms with Crippen LogP contribution in [0.1, 0.15) is 5.56 Å². The molecule has 59 valence electrons. The fourth-order valence-electron chi connectivity index (χ4n) is 1.32. The number of aromatic hydroxyl groups is 1. The third-order valence-electron chi connectivity index (χ3n) is 1.92. The van der Waals surface area contributed by atoms with E-state index in [0.29, 0.717) is 5.75 Å². The van der Waals surface area contributed by atoms with Crippen molar-refractivity contribution < 1.29 is 5.11 Å². The minimum Gasteiger partial charge on any atom is -0.507 e. The molecule has 0 aliphatic rings. The summed E-state index contributed by atoms with van der Waals surface area (Å²) in [5.74, 6) is 0.326. The van der Waals surface area contributed by atoms with Crippen molar-refractivity contribution in [1.29, 1.82) is 0 Å². The van der Waals surface area contributed by atoms with Gasteiger partial charge in [-0.05, 0) is 23.9 Å². The van der Waals surface area contributed by atoms with Gasteiger partial charge in [0, 0.05) is 5.39 Å². The number of fused-ring (bicyclic) bond motifs is 1. The highest BCUT2D eigenvalue weighted by atomic mass is 16.3. The number of benzene rings is 2. The Labute approximate surface area is 71.3 Å². The summed E-state index contributed by atoms with van der Waals surface area (Å²) in [6, 6.07) is 11.2. The third kappa shape index (κ3) is 1.03. The average molecular weight is 157 g/mol. The summed E-state index contributed by atoms with van der Waals surface area (Å²) in [5.41, 5.74) is 0.966. The Kier molecular flexibility index (Phi) is 1.51. The van der Waals surface area contributed by atoms with Crippen molar-refractivity contribution in [3.8, 4) is 5.75 Å². The second kappa shape index (κ2) is 2.52. The maximum absolute atomic E-state index is 9.44. The minimum atomic E-state index is 0.326. The summed E-state index contributed by atoms with van der Waals surface area (Å²) in [6.45, 7) is 3.82. The van der Waals surface area contributed by atoms with E-state index < -0.39 is 0 Å². The molecule has 0 aliphatic heterocycles. The minimum absolute atomic E-state index is 0.326. The Morgan fingerprint density at radius 1 is 1.08 bits per heavy atom. The Morgan fingerprint density at radius 3 is 2.75 bits per heavy atom. The standard InChI is InChI=1S/C11H9O/c1-8-5-6-10-9(7-8)3-2-4-11(10)12/h2-7,12H,1H2. The van der Waals surface area contributed by atoms with E-state index in [0.717, 1.165) is 16.3 Å².